The third-order valence-corrected chi connectivity index (χ3v) is 6.86. The van der Waals surface area contributed by atoms with Crippen LogP contribution in [0, 0.1) is 17.8 Å². The number of aromatic nitrogens is 1. The van der Waals surface area contributed by atoms with Gasteiger partial charge in [0.15, 0.2) is 0 Å². The number of benzene rings is 1. The number of carbonyl (C=O) groups is 1. The standard InChI is InChI=1S/C21H26N2OS/c1-14(19-10-16-7-8-17(19)9-16)22-20(24)12-18-13-25-21(23-18)11-15-5-3-2-4-6-15/h2-6,13-14,16-17,19H,7-12H2,1H3,(H,22,24)/t14-,16-,17-,19-/m0/s1. The third-order valence-electron chi connectivity index (χ3n) is 5.96. The number of rotatable bonds is 6. The topological polar surface area (TPSA) is 42.0 Å². The first kappa shape index (κ1) is 16.8. The molecule has 2 aliphatic rings. The SMILES string of the molecule is C[C@H](NC(=O)Cc1csc(Cc2ccccc2)n1)[C@@H]1C[C@H]2CC[C@H]1C2. The molecule has 3 nitrogen and oxygen atoms in total. The summed E-state index contributed by atoms with van der Waals surface area (Å²) < 4.78 is 0. The maximum atomic E-state index is 12.4. The van der Waals surface area contributed by atoms with Crippen LogP contribution < -0.4 is 5.32 Å². The number of hydrogen-bond donors (Lipinski definition) is 1. The van der Waals surface area contributed by atoms with Gasteiger partial charge in [0.05, 0.1) is 17.1 Å². The Morgan fingerprint density at radius 1 is 1.28 bits per heavy atom. The van der Waals surface area contributed by atoms with Crippen molar-refractivity contribution < 1.29 is 4.79 Å². The van der Waals surface area contributed by atoms with Gasteiger partial charge in [-0.05, 0) is 49.5 Å². The molecule has 4 rings (SSSR count). The smallest absolute Gasteiger partial charge is 0.226 e. The first-order chi connectivity index (χ1) is 12.2. The molecule has 1 N–H and O–H groups in total. The lowest BCUT2D eigenvalue weighted by Gasteiger charge is -2.28. The Kier molecular flexibility index (Phi) is 4.89. The van der Waals surface area contributed by atoms with Crippen LogP contribution in [0.3, 0.4) is 0 Å². The quantitative estimate of drug-likeness (QED) is 0.844. The summed E-state index contributed by atoms with van der Waals surface area (Å²) in [5.41, 5.74) is 2.16. The summed E-state index contributed by atoms with van der Waals surface area (Å²) in [6.45, 7) is 2.19. The van der Waals surface area contributed by atoms with E-state index in [1.807, 2.05) is 23.6 Å². The molecular formula is C21H26N2OS. The van der Waals surface area contributed by atoms with Crippen LogP contribution >= 0.6 is 11.3 Å². The molecule has 2 saturated carbocycles. The average Bonchev–Trinajstić information content (AvgIpc) is 3.33. The van der Waals surface area contributed by atoms with Gasteiger partial charge in [0.2, 0.25) is 5.91 Å². The zero-order valence-electron chi connectivity index (χ0n) is 14.8. The van der Waals surface area contributed by atoms with E-state index in [1.165, 1.54) is 31.2 Å². The first-order valence-electron chi connectivity index (χ1n) is 9.44. The van der Waals surface area contributed by atoms with Crippen molar-refractivity contribution in [2.75, 3.05) is 0 Å². The molecule has 2 fully saturated rings. The van der Waals surface area contributed by atoms with E-state index in [4.69, 9.17) is 0 Å². The third kappa shape index (κ3) is 3.95. The number of hydrogen-bond acceptors (Lipinski definition) is 3. The van der Waals surface area contributed by atoms with Crippen LogP contribution in [0.15, 0.2) is 35.7 Å². The number of carbonyl (C=O) groups excluding carboxylic acids is 1. The summed E-state index contributed by atoms with van der Waals surface area (Å²) in [7, 11) is 0. The Labute approximate surface area is 153 Å². The number of amides is 1. The highest BCUT2D eigenvalue weighted by Gasteiger charge is 2.42. The molecule has 0 aliphatic heterocycles. The van der Waals surface area contributed by atoms with Gasteiger partial charge in [0.25, 0.3) is 0 Å². The molecule has 1 amide bonds. The van der Waals surface area contributed by atoms with Crippen LogP contribution in [0.25, 0.3) is 0 Å². The molecule has 4 atom stereocenters. The Morgan fingerprint density at radius 2 is 2.12 bits per heavy atom. The molecule has 0 unspecified atom stereocenters. The van der Waals surface area contributed by atoms with E-state index in [0.717, 1.165) is 29.0 Å². The molecule has 0 spiro atoms. The Hall–Kier alpha value is -1.68. The fourth-order valence-electron chi connectivity index (χ4n) is 4.76. The molecule has 0 radical (unpaired) electrons. The van der Waals surface area contributed by atoms with E-state index >= 15 is 0 Å². The first-order valence-corrected chi connectivity index (χ1v) is 10.3. The van der Waals surface area contributed by atoms with E-state index in [2.05, 4.69) is 29.4 Å². The maximum absolute atomic E-state index is 12.4. The summed E-state index contributed by atoms with van der Waals surface area (Å²) in [5.74, 6) is 2.57. The van der Waals surface area contributed by atoms with Crippen molar-refractivity contribution in [3.63, 3.8) is 0 Å². The Balaban J connectivity index is 1.29. The Morgan fingerprint density at radius 3 is 2.84 bits per heavy atom. The maximum Gasteiger partial charge on any atom is 0.226 e. The second-order valence-electron chi connectivity index (χ2n) is 7.77. The molecule has 2 aromatic rings. The van der Waals surface area contributed by atoms with Crippen molar-refractivity contribution in [1.82, 2.24) is 10.3 Å². The van der Waals surface area contributed by atoms with Gasteiger partial charge < -0.3 is 5.32 Å². The van der Waals surface area contributed by atoms with Crippen molar-refractivity contribution in [3.05, 3.63) is 52.0 Å². The average molecular weight is 355 g/mol. The minimum absolute atomic E-state index is 0.117. The van der Waals surface area contributed by atoms with Crippen LogP contribution in [-0.4, -0.2) is 16.9 Å². The zero-order chi connectivity index (χ0) is 17.2. The number of nitrogens with one attached hydrogen (secondary N) is 1. The summed E-state index contributed by atoms with van der Waals surface area (Å²) in [4.78, 5) is 17.1. The van der Waals surface area contributed by atoms with E-state index in [9.17, 15) is 4.79 Å². The molecule has 4 heteroatoms. The molecule has 2 bridgehead atoms. The van der Waals surface area contributed by atoms with Crippen molar-refractivity contribution in [3.8, 4) is 0 Å². The van der Waals surface area contributed by atoms with E-state index in [1.54, 1.807) is 11.3 Å². The highest BCUT2D eigenvalue weighted by Crippen LogP contribution is 2.49. The predicted octanol–water partition coefficient (Wildman–Crippen LogP) is 4.22. The molecule has 132 valence electrons. The van der Waals surface area contributed by atoms with Gasteiger partial charge in [0.1, 0.15) is 0 Å². The normalized spacial score (nSPS) is 25.9. The molecule has 1 aromatic carbocycles. The fraction of sp³-hybridized carbons (Fsp3) is 0.524. The lowest BCUT2D eigenvalue weighted by molar-refractivity contribution is -0.121. The molecule has 2 aliphatic carbocycles. The van der Waals surface area contributed by atoms with Crippen LogP contribution in [-0.2, 0) is 17.6 Å². The van der Waals surface area contributed by atoms with Crippen LogP contribution in [0.4, 0.5) is 0 Å². The Bertz CT molecular complexity index is 727. The minimum atomic E-state index is 0.117. The second-order valence-corrected chi connectivity index (χ2v) is 8.71. The molecule has 1 aromatic heterocycles. The summed E-state index contributed by atoms with van der Waals surface area (Å²) in [5, 5.41) is 6.35. The summed E-state index contributed by atoms with van der Waals surface area (Å²) in [6, 6.07) is 10.7. The van der Waals surface area contributed by atoms with Gasteiger partial charge in [-0.25, -0.2) is 4.98 Å². The molecule has 1 heterocycles. The highest BCUT2D eigenvalue weighted by atomic mass is 32.1. The van der Waals surface area contributed by atoms with Crippen molar-refractivity contribution in [2.24, 2.45) is 17.8 Å². The predicted molar refractivity (Wildman–Crippen MR) is 102 cm³/mol. The highest BCUT2D eigenvalue weighted by molar-refractivity contribution is 7.09. The zero-order valence-corrected chi connectivity index (χ0v) is 15.6. The number of nitrogens with zero attached hydrogens (tertiary/aromatic N) is 1. The van der Waals surface area contributed by atoms with E-state index < -0.39 is 0 Å². The van der Waals surface area contributed by atoms with Crippen LogP contribution in [0.1, 0.15) is 48.9 Å². The van der Waals surface area contributed by atoms with Crippen molar-refractivity contribution >= 4 is 17.2 Å². The number of fused-ring (bicyclic) bond motifs is 2. The van der Waals surface area contributed by atoms with Gasteiger partial charge in [0, 0.05) is 17.8 Å². The lowest BCUT2D eigenvalue weighted by atomic mass is 9.84. The largest absolute Gasteiger partial charge is 0.353 e. The fourth-order valence-corrected chi connectivity index (χ4v) is 5.59. The van der Waals surface area contributed by atoms with E-state index in [-0.39, 0.29) is 5.91 Å². The lowest BCUT2D eigenvalue weighted by Crippen LogP contribution is -2.40. The van der Waals surface area contributed by atoms with Gasteiger partial charge in [-0.3, -0.25) is 4.79 Å². The summed E-state index contributed by atoms with van der Waals surface area (Å²) in [6.07, 6.45) is 6.71. The molecule has 0 saturated heterocycles. The van der Waals surface area contributed by atoms with Crippen molar-refractivity contribution in [2.45, 2.75) is 51.5 Å². The monoisotopic (exact) mass is 354 g/mol. The van der Waals surface area contributed by atoms with E-state index in [0.29, 0.717) is 18.4 Å². The van der Waals surface area contributed by atoms with Gasteiger partial charge >= 0.3 is 0 Å². The van der Waals surface area contributed by atoms with Gasteiger partial charge in [-0.2, -0.15) is 0 Å². The van der Waals surface area contributed by atoms with Gasteiger partial charge in [-0.15, -0.1) is 11.3 Å². The molecular weight excluding hydrogens is 328 g/mol. The van der Waals surface area contributed by atoms with Crippen LogP contribution in [0.2, 0.25) is 0 Å². The molecule has 25 heavy (non-hydrogen) atoms. The number of thiazole rings is 1. The minimum Gasteiger partial charge on any atom is -0.353 e. The van der Waals surface area contributed by atoms with Crippen LogP contribution in [0.5, 0.6) is 0 Å². The second kappa shape index (κ2) is 7.28. The van der Waals surface area contributed by atoms with Crippen molar-refractivity contribution in [1.29, 1.82) is 0 Å². The van der Waals surface area contributed by atoms with Gasteiger partial charge in [-0.1, -0.05) is 36.8 Å². The summed E-state index contributed by atoms with van der Waals surface area (Å²) >= 11 is 1.65.